The van der Waals surface area contributed by atoms with E-state index in [2.05, 4.69) is 6.92 Å². The summed E-state index contributed by atoms with van der Waals surface area (Å²) < 4.78 is 14.0. The van der Waals surface area contributed by atoms with E-state index in [-0.39, 0.29) is 5.82 Å². The first-order valence-corrected chi connectivity index (χ1v) is 8.64. The Bertz CT molecular complexity index is 375. The molecule has 0 atom stereocenters. The second-order valence-electron chi connectivity index (χ2n) is 5.55. The molecule has 0 saturated heterocycles. The fraction of sp³-hybridized carbons (Fsp3) is 0.647. The van der Waals surface area contributed by atoms with Gasteiger partial charge in [-0.15, -0.1) is 23.2 Å². The van der Waals surface area contributed by atoms with Gasteiger partial charge in [-0.3, -0.25) is 0 Å². The molecule has 0 N–H and O–H groups in total. The van der Waals surface area contributed by atoms with E-state index in [4.69, 9.17) is 23.2 Å². The number of alkyl halides is 2. The summed E-state index contributed by atoms with van der Waals surface area (Å²) in [6.45, 7) is 2.21. The largest absolute Gasteiger partial charge is 0.207 e. The molecule has 0 nitrogen and oxygen atoms in total. The topological polar surface area (TPSA) is 0 Å². The average molecular weight is 319 g/mol. The van der Waals surface area contributed by atoms with E-state index in [9.17, 15) is 4.39 Å². The van der Waals surface area contributed by atoms with Crippen molar-refractivity contribution >= 4 is 23.2 Å². The van der Waals surface area contributed by atoms with Crippen LogP contribution >= 0.6 is 23.2 Å². The number of halogens is 3. The molecule has 0 amide bonds. The molecule has 0 aliphatic carbocycles. The van der Waals surface area contributed by atoms with Crippen molar-refractivity contribution in [2.45, 2.75) is 57.3 Å². The van der Waals surface area contributed by atoms with Gasteiger partial charge in [0.15, 0.2) is 0 Å². The summed E-state index contributed by atoms with van der Waals surface area (Å²) >= 11 is 12.3. The molecule has 0 aliphatic heterocycles. The minimum atomic E-state index is -0.431. The summed E-state index contributed by atoms with van der Waals surface area (Å²) in [5.74, 6) is 0.540. The molecule has 0 aromatic heterocycles. The molecule has 0 radical (unpaired) electrons. The van der Waals surface area contributed by atoms with Gasteiger partial charge >= 0.3 is 0 Å². The first-order chi connectivity index (χ1) is 9.70. The Labute approximate surface area is 132 Å². The molecular weight excluding hydrogens is 294 g/mol. The number of unbranched alkanes of at least 4 members (excludes halogenated alkanes) is 5. The molecule has 0 spiro atoms. The van der Waals surface area contributed by atoms with Crippen molar-refractivity contribution in [1.82, 2.24) is 0 Å². The lowest BCUT2D eigenvalue weighted by atomic mass is 9.79. The molecular formula is C17H25Cl2F. The van der Waals surface area contributed by atoms with Crippen molar-refractivity contribution in [2.75, 3.05) is 11.8 Å². The molecule has 0 aliphatic rings. The zero-order valence-electron chi connectivity index (χ0n) is 12.3. The summed E-state index contributed by atoms with van der Waals surface area (Å²) in [4.78, 5) is 0. The van der Waals surface area contributed by atoms with Crippen molar-refractivity contribution in [3.8, 4) is 0 Å². The van der Waals surface area contributed by atoms with Crippen LogP contribution in [0.4, 0.5) is 4.39 Å². The van der Waals surface area contributed by atoms with Gasteiger partial charge in [0.25, 0.3) is 0 Å². The molecule has 1 rings (SSSR count). The number of hydrogen-bond acceptors (Lipinski definition) is 0. The van der Waals surface area contributed by atoms with Crippen molar-refractivity contribution in [1.29, 1.82) is 0 Å². The Balaban J connectivity index is 2.61. The maximum absolute atomic E-state index is 14.0. The maximum atomic E-state index is 14.0. The lowest BCUT2D eigenvalue weighted by Crippen LogP contribution is -2.31. The predicted molar refractivity (Wildman–Crippen MR) is 87.5 cm³/mol. The highest BCUT2D eigenvalue weighted by molar-refractivity contribution is 6.22. The fourth-order valence-electron chi connectivity index (χ4n) is 2.58. The summed E-state index contributed by atoms with van der Waals surface area (Å²) in [5, 5.41) is 0. The van der Waals surface area contributed by atoms with Crippen molar-refractivity contribution in [2.24, 2.45) is 0 Å². The van der Waals surface area contributed by atoms with Gasteiger partial charge in [0.2, 0.25) is 0 Å². The molecule has 1 aromatic carbocycles. The first-order valence-electron chi connectivity index (χ1n) is 7.57. The standard InChI is InChI=1S/C17H25Cl2F/c1-2-3-4-5-6-9-12-17(13-18,14-19)15-10-7-8-11-16(15)20/h7-8,10-11H,2-6,9,12-14H2,1H3. The molecule has 0 saturated carbocycles. The van der Waals surface area contributed by atoms with E-state index in [1.54, 1.807) is 6.07 Å². The second-order valence-corrected chi connectivity index (χ2v) is 6.08. The third-order valence-corrected chi connectivity index (χ3v) is 4.99. The molecule has 20 heavy (non-hydrogen) atoms. The molecule has 1 aromatic rings. The molecule has 3 heteroatoms. The first kappa shape index (κ1) is 17.8. The Morgan fingerprint density at radius 1 is 0.950 bits per heavy atom. The van der Waals surface area contributed by atoms with E-state index < -0.39 is 5.41 Å². The van der Waals surface area contributed by atoms with Gasteiger partial charge < -0.3 is 0 Å². The minimum Gasteiger partial charge on any atom is -0.207 e. The smallest absolute Gasteiger partial charge is 0.127 e. The monoisotopic (exact) mass is 318 g/mol. The lowest BCUT2D eigenvalue weighted by Gasteiger charge is -2.30. The SMILES string of the molecule is CCCCCCCCC(CCl)(CCl)c1ccccc1F. The number of benzene rings is 1. The van der Waals surface area contributed by atoms with Gasteiger partial charge in [-0.1, -0.05) is 63.6 Å². The third-order valence-electron chi connectivity index (χ3n) is 3.97. The number of hydrogen-bond donors (Lipinski definition) is 0. The van der Waals surface area contributed by atoms with Crippen LogP contribution in [0.5, 0.6) is 0 Å². The Morgan fingerprint density at radius 3 is 2.15 bits per heavy atom. The van der Waals surface area contributed by atoms with Crippen LogP contribution in [0.2, 0.25) is 0 Å². The Kier molecular flexibility index (Phi) is 8.56. The van der Waals surface area contributed by atoms with Crippen LogP contribution in [0.15, 0.2) is 24.3 Å². The quantitative estimate of drug-likeness (QED) is 0.351. The zero-order valence-corrected chi connectivity index (χ0v) is 13.8. The van der Waals surface area contributed by atoms with Gasteiger partial charge in [-0.05, 0) is 18.1 Å². The van der Waals surface area contributed by atoms with Crippen LogP contribution in [-0.2, 0) is 5.41 Å². The summed E-state index contributed by atoms with van der Waals surface area (Å²) in [6, 6.07) is 6.87. The van der Waals surface area contributed by atoms with Crippen molar-refractivity contribution in [3.63, 3.8) is 0 Å². The van der Waals surface area contributed by atoms with Crippen LogP contribution in [0.25, 0.3) is 0 Å². The van der Waals surface area contributed by atoms with Gasteiger partial charge in [0, 0.05) is 17.2 Å². The third kappa shape index (κ3) is 4.93. The van der Waals surface area contributed by atoms with Crippen LogP contribution in [0.1, 0.15) is 57.4 Å². The predicted octanol–water partition coefficient (Wildman–Crippen LogP) is 6.29. The van der Waals surface area contributed by atoms with Gasteiger partial charge in [0.05, 0.1) is 0 Å². The summed E-state index contributed by atoms with van der Waals surface area (Å²) in [6.07, 6.45) is 8.15. The number of rotatable bonds is 10. The summed E-state index contributed by atoms with van der Waals surface area (Å²) in [7, 11) is 0. The minimum absolute atomic E-state index is 0.195. The maximum Gasteiger partial charge on any atom is 0.127 e. The van der Waals surface area contributed by atoms with E-state index in [0.29, 0.717) is 17.3 Å². The average Bonchev–Trinajstić information content (AvgIpc) is 2.48. The highest BCUT2D eigenvalue weighted by atomic mass is 35.5. The van der Waals surface area contributed by atoms with Crippen LogP contribution in [0.3, 0.4) is 0 Å². The van der Waals surface area contributed by atoms with Crippen LogP contribution in [-0.4, -0.2) is 11.8 Å². The van der Waals surface area contributed by atoms with Crippen molar-refractivity contribution in [3.05, 3.63) is 35.6 Å². The molecule has 0 heterocycles. The summed E-state index contributed by atoms with van der Waals surface area (Å²) in [5.41, 5.74) is 0.234. The lowest BCUT2D eigenvalue weighted by molar-refractivity contribution is 0.431. The zero-order chi connectivity index (χ0) is 14.8. The van der Waals surface area contributed by atoms with Crippen molar-refractivity contribution < 1.29 is 4.39 Å². The van der Waals surface area contributed by atoms with E-state index in [1.165, 1.54) is 38.2 Å². The van der Waals surface area contributed by atoms with Crippen LogP contribution in [0, 0.1) is 5.82 Å². The Morgan fingerprint density at radius 2 is 1.55 bits per heavy atom. The molecule has 0 fully saturated rings. The van der Waals surface area contributed by atoms with E-state index >= 15 is 0 Å². The Hall–Kier alpha value is -0.270. The van der Waals surface area contributed by atoms with Gasteiger partial charge in [0.1, 0.15) is 5.82 Å². The second kappa shape index (κ2) is 9.63. The van der Waals surface area contributed by atoms with Gasteiger partial charge in [-0.25, -0.2) is 4.39 Å². The van der Waals surface area contributed by atoms with Gasteiger partial charge in [-0.2, -0.15) is 0 Å². The highest BCUT2D eigenvalue weighted by Gasteiger charge is 2.32. The molecule has 0 unspecified atom stereocenters. The molecule has 0 bridgehead atoms. The highest BCUT2D eigenvalue weighted by Crippen LogP contribution is 2.34. The normalized spacial score (nSPS) is 11.8. The van der Waals surface area contributed by atoms with E-state index in [0.717, 1.165) is 12.8 Å². The van der Waals surface area contributed by atoms with Crippen LogP contribution < -0.4 is 0 Å². The molecule has 114 valence electrons. The van der Waals surface area contributed by atoms with E-state index in [1.807, 2.05) is 12.1 Å². The fourth-order valence-corrected chi connectivity index (χ4v) is 3.42.